The average Bonchev–Trinajstić information content (AvgIpc) is 4.27. The highest BCUT2D eigenvalue weighted by Crippen LogP contribution is 2.33. The van der Waals surface area contributed by atoms with Gasteiger partial charge in [0.05, 0.1) is 110 Å². The Labute approximate surface area is 479 Å². The van der Waals surface area contributed by atoms with Crippen LogP contribution in [-0.2, 0) is 51.2 Å². The third kappa shape index (κ3) is 15.7. The number of fused-ring (bicyclic) bond motifs is 1. The fraction of sp³-hybridized carbons (Fsp3) is 0.492. The molecule has 0 bridgehead atoms. The van der Waals surface area contributed by atoms with Crippen LogP contribution in [0.4, 0.5) is 8.78 Å². The van der Waals surface area contributed by atoms with Crippen LogP contribution in [0.1, 0.15) is 62.9 Å². The van der Waals surface area contributed by atoms with Gasteiger partial charge in [0.2, 0.25) is 23.6 Å². The van der Waals surface area contributed by atoms with Crippen molar-refractivity contribution in [2.45, 2.75) is 84.3 Å². The maximum absolute atomic E-state index is 15.4. The molecule has 3 aliphatic heterocycles. The molecule has 3 aliphatic rings. The van der Waals surface area contributed by atoms with Crippen molar-refractivity contribution < 1.29 is 52.0 Å². The van der Waals surface area contributed by atoms with Gasteiger partial charge in [-0.3, -0.25) is 38.6 Å². The molecule has 23 heteroatoms. The number of nitrogens with one attached hydrogen (secondary N) is 3. The van der Waals surface area contributed by atoms with Crippen molar-refractivity contribution in [3.05, 3.63) is 107 Å². The summed E-state index contributed by atoms with van der Waals surface area (Å²) in [5.41, 5.74) is 7.45. The summed E-state index contributed by atoms with van der Waals surface area (Å²) in [6, 6.07) is 14.2. The Kier molecular flexibility index (Phi) is 20.5. The molecule has 6 heterocycles. The number of benzene rings is 3. The molecule has 0 saturated carbocycles. The van der Waals surface area contributed by atoms with Crippen LogP contribution in [0.25, 0.3) is 43.9 Å². The van der Waals surface area contributed by atoms with Crippen LogP contribution < -0.4 is 16.0 Å². The Hall–Kier alpha value is -6.70. The minimum Gasteiger partial charge on any atom is -0.391 e. The molecule has 3 aromatic carbocycles. The maximum atomic E-state index is 15.4. The number of β-amino-alcohol motifs (C(OH)–C–C–N with tert-alkyl or cyclic N) is 1. The summed E-state index contributed by atoms with van der Waals surface area (Å²) in [5, 5.41) is 23.9. The standard InChI is InChI=1S/C59H73F2N11O9S/c1-38-55(82-37-65-38)40-10-8-39(9-11-40)29-64-57(76)51-28-44(73)33-71(51)58(77)56(59(2,3)4)68-53(75)36-81-25-24-80-23-22-78-19-14-62-52(74)35-69-15-12-43(13-16-69)72-32-42(30-66-72)50-31-63-49-7-5-6-45(54(49)67-50)41-26-47(60)46(48(61)27-41)34-70-17-20-79-21-18-70/h5-11,26-27,30-32,37,43-44,51,56,73H,12-25,28-29,33-36H2,1-4H3,(H,62,74)(H,64,76)(H,68,75)/t44-,51+,56-/m1/s1. The summed E-state index contributed by atoms with van der Waals surface area (Å²) in [6.07, 6.45) is 6.15. The molecule has 0 radical (unpaired) electrons. The molecule has 20 nitrogen and oxygen atoms in total. The van der Waals surface area contributed by atoms with E-state index in [9.17, 15) is 24.3 Å². The molecule has 0 aliphatic carbocycles. The molecule has 0 unspecified atom stereocenters. The molecule has 0 spiro atoms. The van der Waals surface area contributed by atoms with E-state index in [0.717, 1.165) is 40.1 Å². The van der Waals surface area contributed by atoms with Crippen molar-refractivity contribution in [2.24, 2.45) is 5.41 Å². The quantitative estimate of drug-likeness (QED) is 0.0563. The number of hydrogen-bond acceptors (Lipinski definition) is 16. The summed E-state index contributed by atoms with van der Waals surface area (Å²) >= 11 is 1.56. The van der Waals surface area contributed by atoms with Crippen LogP contribution in [0, 0.1) is 24.0 Å². The zero-order valence-electron chi connectivity index (χ0n) is 46.9. The van der Waals surface area contributed by atoms with Crippen molar-refractivity contribution in [1.29, 1.82) is 0 Å². The summed E-state index contributed by atoms with van der Waals surface area (Å²) in [7, 11) is 0. The molecule has 4 amide bonds. The van der Waals surface area contributed by atoms with E-state index in [1.54, 1.807) is 41.4 Å². The van der Waals surface area contributed by atoms with Crippen molar-refractivity contribution in [2.75, 3.05) is 98.7 Å². The number of aromatic nitrogens is 5. The lowest BCUT2D eigenvalue weighted by molar-refractivity contribution is -0.144. The molecule has 6 aromatic rings. The lowest BCUT2D eigenvalue weighted by Crippen LogP contribution is -2.58. The Morgan fingerprint density at radius 2 is 1.56 bits per heavy atom. The van der Waals surface area contributed by atoms with Gasteiger partial charge in [-0.2, -0.15) is 5.10 Å². The number of likely N-dealkylation sites (tertiary alicyclic amines) is 2. The molecular weight excluding hydrogens is 1080 g/mol. The van der Waals surface area contributed by atoms with Gasteiger partial charge in [-0.1, -0.05) is 57.2 Å². The number of morpholine rings is 1. The molecule has 3 atom stereocenters. The topological polar surface area (TPSA) is 228 Å². The van der Waals surface area contributed by atoms with Crippen LogP contribution in [0.3, 0.4) is 0 Å². The van der Waals surface area contributed by atoms with Crippen molar-refractivity contribution >= 4 is 46.0 Å². The average molecular weight is 1150 g/mol. The number of hydrogen-bond donors (Lipinski definition) is 4. The number of nitrogens with zero attached hydrogens (tertiary/aromatic N) is 8. The van der Waals surface area contributed by atoms with Crippen LogP contribution in [0.15, 0.2) is 78.7 Å². The molecule has 3 fully saturated rings. The number of halogens is 2. The smallest absolute Gasteiger partial charge is 0.246 e. The first-order valence-electron chi connectivity index (χ1n) is 27.9. The van der Waals surface area contributed by atoms with Gasteiger partial charge < -0.3 is 44.9 Å². The lowest BCUT2D eigenvalue weighted by Gasteiger charge is -2.35. The van der Waals surface area contributed by atoms with Crippen LogP contribution >= 0.6 is 11.3 Å². The number of carbonyl (C=O) groups is 4. The number of rotatable bonds is 24. The van der Waals surface area contributed by atoms with Gasteiger partial charge in [0, 0.05) is 81.7 Å². The third-order valence-corrected chi connectivity index (χ3v) is 15.9. The Morgan fingerprint density at radius 3 is 2.27 bits per heavy atom. The highest BCUT2D eigenvalue weighted by atomic mass is 32.1. The molecule has 3 saturated heterocycles. The van der Waals surface area contributed by atoms with Crippen LogP contribution in [0.5, 0.6) is 0 Å². The monoisotopic (exact) mass is 1150 g/mol. The van der Waals surface area contributed by atoms with Gasteiger partial charge in [-0.05, 0) is 60.1 Å². The van der Waals surface area contributed by atoms with Crippen molar-refractivity contribution in [3.8, 4) is 32.8 Å². The first kappa shape index (κ1) is 59.9. The van der Waals surface area contributed by atoms with Crippen LogP contribution in [-0.4, -0.2) is 185 Å². The number of aryl methyl sites for hydroxylation is 1. The lowest BCUT2D eigenvalue weighted by atomic mass is 9.85. The summed E-state index contributed by atoms with van der Waals surface area (Å²) < 4.78 is 55.0. The Morgan fingerprint density at radius 1 is 0.841 bits per heavy atom. The van der Waals surface area contributed by atoms with E-state index >= 15 is 8.78 Å². The first-order chi connectivity index (χ1) is 39.6. The second kappa shape index (κ2) is 28.0. The second-order valence-corrected chi connectivity index (χ2v) is 22.9. The summed E-state index contributed by atoms with van der Waals surface area (Å²) in [4.78, 5) is 73.7. The zero-order chi connectivity index (χ0) is 57.8. The SMILES string of the molecule is Cc1ncsc1-c1ccc(CNC(=O)[C@@H]2C[C@@H](O)CN2C(=O)[C@@H](NC(=O)COCCOCCOCCNC(=O)CN2CCC(n3cc(-c4cnc5cccc(-c6cc(F)c(CN7CCOCC7)c(F)c6)c5n4)cn3)CC2)C(C)(C)C)cc1. The maximum Gasteiger partial charge on any atom is 0.246 e. The number of thiazole rings is 1. The molecule has 3 aromatic heterocycles. The van der Waals surface area contributed by atoms with E-state index < -0.39 is 47.1 Å². The Balaban J connectivity index is 0.627. The minimum atomic E-state index is -0.988. The first-order valence-corrected chi connectivity index (χ1v) is 28.8. The number of amides is 4. The van der Waals surface area contributed by atoms with E-state index in [4.69, 9.17) is 23.9 Å². The Bertz CT molecular complexity index is 3120. The molecule has 9 rings (SSSR count). The minimum absolute atomic E-state index is 0.0327. The number of ether oxygens (including phenoxy) is 4. The largest absolute Gasteiger partial charge is 0.391 e. The fourth-order valence-corrected chi connectivity index (χ4v) is 11.2. The van der Waals surface area contributed by atoms with Gasteiger partial charge >= 0.3 is 0 Å². The predicted octanol–water partition coefficient (Wildman–Crippen LogP) is 5.31. The number of piperidine rings is 1. The van der Waals surface area contributed by atoms with E-state index in [0.29, 0.717) is 87.0 Å². The van der Waals surface area contributed by atoms with Gasteiger partial charge in [-0.15, -0.1) is 11.3 Å². The summed E-state index contributed by atoms with van der Waals surface area (Å²) in [5.74, 6) is -2.66. The zero-order valence-corrected chi connectivity index (χ0v) is 47.7. The van der Waals surface area contributed by atoms with Gasteiger partial charge in [0.15, 0.2) is 0 Å². The molecule has 438 valence electrons. The van der Waals surface area contributed by atoms with Gasteiger partial charge in [0.1, 0.15) is 30.3 Å². The van der Waals surface area contributed by atoms with E-state index in [-0.39, 0.29) is 82.4 Å². The normalized spacial score (nSPS) is 17.8. The van der Waals surface area contributed by atoms with Gasteiger partial charge in [0.25, 0.3) is 0 Å². The van der Waals surface area contributed by atoms with E-state index in [2.05, 4.69) is 35.9 Å². The van der Waals surface area contributed by atoms with Crippen molar-refractivity contribution in [3.63, 3.8) is 0 Å². The van der Waals surface area contributed by atoms with Gasteiger partial charge in [-0.25, -0.2) is 18.7 Å². The number of carbonyl (C=O) groups excluding carboxylic acids is 4. The van der Waals surface area contributed by atoms with Crippen LogP contribution in [0.2, 0.25) is 0 Å². The second-order valence-electron chi connectivity index (χ2n) is 22.0. The molecule has 4 N–H and O–H groups in total. The molecule has 82 heavy (non-hydrogen) atoms. The summed E-state index contributed by atoms with van der Waals surface area (Å²) in [6.45, 7) is 13.0. The highest BCUT2D eigenvalue weighted by molar-refractivity contribution is 7.13. The van der Waals surface area contributed by atoms with E-state index in [1.807, 2.05) is 73.8 Å². The predicted molar refractivity (Wildman–Crippen MR) is 304 cm³/mol. The molecular formula is C59H73F2N11O9S. The fourth-order valence-electron chi connectivity index (χ4n) is 10.4. The third-order valence-electron chi connectivity index (χ3n) is 15.0. The van der Waals surface area contributed by atoms with E-state index in [1.165, 1.54) is 17.0 Å². The number of aliphatic hydroxyl groups is 1. The highest BCUT2D eigenvalue weighted by Gasteiger charge is 2.44. The van der Waals surface area contributed by atoms with Crippen molar-refractivity contribution in [1.82, 2.24) is 55.4 Å². The number of aliphatic hydroxyl groups excluding tert-OH is 1. The number of para-hydroxylation sites is 1.